The molecule has 0 saturated heterocycles. The molecule has 94 valence electrons. The van der Waals surface area contributed by atoms with Gasteiger partial charge in [-0.3, -0.25) is 4.79 Å². The molecule has 2 heteroatoms. The smallest absolute Gasteiger partial charge is 0.133 e. The number of aliphatic hydroxyl groups is 1. The lowest BCUT2D eigenvalue weighted by molar-refractivity contribution is -0.121. The van der Waals surface area contributed by atoms with Crippen molar-refractivity contribution >= 4 is 5.78 Å². The van der Waals surface area contributed by atoms with Gasteiger partial charge in [-0.15, -0.1) is 0 Å². The van der Waals surface area contributed by atoms with Crippen LogP contribution >= 0.6 is 0 Å². The van der Waals surface area contributed by atoms with E-state index in [0.29, 0.717) is 18.6 Å². The Morgan fingerprint density at radius 3 is 2.44 bits per heavy atom. The minimum atomic E-state index is -0.229. The van der Waals surface area contributed by atoms with Crippen LogP contribution in [0.25, 0.3) is 0 Å². The van der Waals surface area contributed by atoms with Gasteiger partial charge in [0.15, 0.2) is 0 Å². The molecule has 1 aliphatic rings. The van der Waals surface area contributed by atoms with E-state index in [4.69, 9.17) is 0 Å². The molecule has 0 aliphatic heterocycles. The molecule has 16 heavy (non-hydrogen) atoms. The van der Waals surface area contributed by atoms with Crippen molar-refractivity contribution in [2.75, 3.05) is 0 Å². The van der Waals surface area contributed by atoms with Crippen LogP contribution in [-0.4, -0.2) is 17.0 Å². The highest BCUT2D eigenvalue weighted by Gasteiger charge is 2.25. The van der Waals surface area contributed by atoms with Gasteiger partial charge < -0.3 is 5.11 Å². The van der Waals surface area contributed by atoms with E-state index in [1.807, 2.05) is 0 Å². The number of carbonyl (C=O) groups excluding carboxylic acids is 1. The number of carbonyl (C=O) groups is 1. The van der Waals surface area contributed by atoms with Gasteiger partial charge in [-0.1, -0.05) is 33.6 Å². The van der Waals surface area contributed by atoms with E-state index in [0.717, 1.165) is 25.7 Å². The van der Waals surface area contributed by atoms with Crippen LogP contribution in [0.15, 0.2) is 0 Å². The normalized spacial score (nSPS) is 26.8. The molecule has 1 N–H and O–H groups in total. The average molecular weight is 226 g/mol. The van der Waals surface area contributed by atoms with Crippen molar-refractivity contribution in [2.24, 2.45) is 11.3 Å². The molecule has 1 saturated carbocycles. The Kier molecular flexibility index (Phi) is 4.97. The summed E-state index contributed by atoms with van der Waals surface area (Å²) in [5.41, 5.74) is 0.237. The third-order valence-corrected chi connectivity index (χ3v) is 3.51. The first-order valence-electron chi connectivity index (χ1n) is 6.58. The van der Waals surface area contributed by atoms with Gasteiger partial charge in [-0.2, -0.15) is 0 Å². The molecule has 0 bridgehead atoms. The fraction of sp³-hybridized carbons (Fsp3) is 0.929. The van der Waals surface area contributed by atoms with Crippen molar-refractivity contribution in [1.29, 1.82) is 0 Å². The van der Waals surface area contributed by atoms with E-state index in [9.17, 15) is 9.90 Å². The molecular formula is C14H26O2. The molecule has 2 nitrogen and oxygen atoms in total. The molecule has 2 atom stereocenters. The molecular weight excluding hydrogens is 200 g/mol. The summed E-state index contributed by atoms with van der Waals surface area (Å²) in [7, 11) is 0. The fourth-order valence-corrected chi connectivity index (χ4v) is 2.34. The van der Waals surface area contributed by atoms with Crippen LogP contribution in [-0.2, 0) is 4.79 Å². The zero-order chi connectivity index (χ0) is 12.2. The summed E-state index contributed by atoms with van der Waals surface area (Å²) in [6, 6.07) is 0. The van der Waals surface area contributed by atoms with Crippen LogP contribution in [0.4, 0.5) is 0 Å². The molecule has 0 spiro atoms. The predicted octanol–water partition coefficient (Wildman–Crippen LogP) is 3.32. The maximum absolute atomic E-state index is 11.8. The van der Waals surface area contributed by atoms with E-state index >= 15 is 0 Å². The lowest BCUT2D eigenvalue weighted by atomic mass is 9.81. The number of Topliss-reactive ketones (excluding diaryl/α,β-unsaturated/α-hetero) is 1. The zero-order valence-corrected chi connectivity index (χ0v) is 11.0. The van der Waals surface area contributed by atoms with E-state index in [1.165, 1.54) is 6.42 Å². The summed E-state index contributed by atoms with van der Waals surface area (Å²) < 4.78 is 0. The van der Waals surface area contributed by atoms with E-state index < -0.39 is 0 Å². The predicted molar refractivity (Wildman–Crippen MR) is 66.3 cm³/mol. The van der Waals surface area contributed by atoms with Crippen molar-refractivity contribution in [2.45, 2.75) is 71.8 Å². The van der Waals surface area contributed by atoms with Crippen LogP contribution in [0, 0.1) is 11.3 Å². The van der Waals surface area contributed by atoms with Crippen molar-refractivity contribution in [3.05, 3.63) is 0 Å². The maximum Gasteiger partial charge on any atom is 0.133 e. The van der Waals surface area contributed by atoms with Crippen molar-refractivity contribution < 1.29 is 9.90 Å². The molecule has 0 amide bonds. The Morgan fingerprint density at radius 2 is 1.88 bits per heavy atom. The first kappa shape index (κ1) is 13.7. The lowest BCUT2D eigenvalue weighted by Crippen LogP contribution is -2.26. The Morgan fingerprint density at radius 1 is 1.25 bits per heavy atom. The molecule has 0 aromatic rings. The fourth-order valence-electron chi connectivity index (χ4n) is 2.34. The summed E-state index contributed by atoms with van der Waals surface area (Å²) in [5, 5.41) is 9.79. The second-order valence-electron chi connectivity index (χ2n) is 6.42. The van der Waals surface area contributed by atoms with Crippen LogP contribution < -0.4 is 0 Å². The van der Waals surface area contributed by atoms with Gasteiger partial charge in [0, 0.05) is 12.8 Å². The molecule has 1 fully saturated rings. The van der Waals surface area contributed by atoms with Crippen molar-refractivity contribution in [3.63, 3.8) is 0 Å². The van der Waals surface area contributed by atoms with Gasteiger partial charge in [-0.25, -0.2) is 0 Å². The summed E-state index contributed by atoms with van der Waals surface area (Å²) in [4.78, 5) is 11.8. The van der Waals surface area contributed by atoms with E-state index in [-0.39, 0.29) is 17.4 Å². The molecule has 0 aromatic carbocycles. The van der Waals surface area contributed by atoms with Gasteiger partial charge in [0.2, 0.25) is 0 Å². The van der Waals surface area contributed by atoms with Crippen LogP contribution in [0.5, 0.6) is 0 Å². The molecule has 0 radical (unpaired) electrons. The van der Waals surface area contributed by atoms with E-state index in [2.05, 4.69) is 20.8 Å². The lowest BCUT2D eigenvalue weighted by Gasteiger charge is -2.27. The Labute approximate surface area is 99.4 Å². The number of hydrogen-bond donors (Lipinski definition) is 1. The monoisotopic (exact) mass is 226 g/mol. The topological polar surface area (TPSA) is 37.3 Å². The Hall–Kier alpha value is -0.370. The third kappa shape index (κ3) is 5.11. The van der Waals surface area contributed by atoms with Crippen LogP contribution in [0.2, 0.25) is 0 Å². The standard InChI is InChI=1S/C14H26O2/c1-14(2,3)9-8-12(15)10-11-6-4-5-7-13(11)16/h11,13,16H,4-10H2,1-3H3. The minimum Gasteiger partial charge on any atom is -0.393 e. The van der Waals surface area contributed by atoms with Gasteiger partial charge in [0.05, 0.1) is 6.10 Å². The second-order valence-corrected chi connectivity index (χ2v) is 6.42. The molecule has 0 aromatic heterocycles. The van der Waals surface area contributed by atoms with E-state index in [1.54, 1.807) is 0 Å². The SMILES string of the molecule is CC(C)(C)CCC(=O)CC1CCCCC1O. The molecule has 1 aliphatic carbocycles. The Bertz CT molecular complexity index is 227. The summed E-state index contributed by atoms with van der Waals surface area (Å²) in [6.07, 6.45) is 6.20. The van der Waals surface area contributed by atoms with Gasteiger partial charge >= 0.3 is 0 Å². The van der Waals surface area contributed by atoms with Gasteiger partial charge in [0.25, 0.3) is 0 Å². The summed E-state index contributed by atoms with van der Waals surface area (Å²) in [6.45, 7) is 6.49. The Balaban J connectivity index is 2.28. The summed E-state index contributed by atoms with van der Waals surface area (Å²) in [5.74, 6) is 0.571. The average Bonchev–Trinajstić information content (AvgIpc) is 2.18. The quantitative estimate of drug-likeness (QED) is 0.798. The number of ketones is 1. The largest absolute Gasteiger partial charge is 0.393 e. The first-order chi connectivity index (χ1) is 7.38. The van der Waals surface area contributed by atoms with Crippen molar-refractivity contribution in [1.82, 2.24) is 0 Å². The zero-order valence-electron chi connectivity index (χ0n) is 11.0. The van der Waals surface area contributed by atoms with Gasteiger partial charge in [0.1, 0.15) is 5.78 Å². The van der Waals surface area contributed by atoms with Crippen LogP contribution in [0.3, 0.4) is 0 Å². The van der Waals surface area contributed by atoms with Crippen LogP contribution in [0.1, 0.15) is 65.7 Å². The first-order valence-corrected chi connectivity index (χ1v) is 6.58. The summed E-state index contributed by atoms with van der Waals surface area (Å²) >= 11 is 0. The minimum absolute atomic E-state index is 0.229. The number of aliphatic hydroxyl groups excluding tert-OH is 1. The molecule has 1 rings (SSSR count). The van der Waals surface area contributed by atoms with Gasteiger partial charge in [-0.05, 0) is 30.6 Å². The highest BCUT2D eigenvalue weighted by atomic mass is 16.3. The highest BCUT2D eigenvalue weighted by Crippen LogP contribution is 2.28. The number of hydrogen-bond acceptors (Lipinski definition) is 2. The highest BCUT2D eigenvalue weighted by molar-refractivity contribution is 5.78. The van der Waals surface area contributed by atoms with Crippen molar-refractivity contribution in [3.8, 4) is 0 Å². The number of rotatable bonds is 4. The maximum atomic E-state index is 11.8. The third-order valence-electron chi connectivity index (χ3n) is 3.51. The molecule has 0 heterocycles. The second kappa shape index (κ2) is 5.81. The molecule has 2 unspecified atom stereocenters.